The van der Waals surface area contributed by atoms with E-state index in [4.69, 9.17) is 11.6 Å². The van der Waals surface area contributed by atoms with E-state index in [0.29, 0.717) is 21.5 Å². The lowest BCUT2D eigenvalue weighted by atomic mass is 9.97. The monoisotopic (exact) mass is 383 g/mol. The van der Waals surface area contributed by atoms with E-state index in [2.05, 4.69) is 35.3 Å². The van der Waals surface area contributed by atoms with Gasteiger partial charge in [0.2, 0.25) is 5.88 Å². The third kappa shape index (κ3) is 3.04. The minimum Gasteiger partial charge on any atom is -0.494 e. The maximum absolute atomic E-state index is 11.9. The van der Waals surface area contributed by atoms with Crippen LogP contribution in [-0.4, -0.2) is 27.4 Å². The number of carbonyl (C=O) groups is 1. The molecular formula is C21H18ClNO2S. The van der Waals surface area contributed by atoms with Crippen LogP contribution in [0.25, 0.3) is 27.6 Å². The number of aromatic nitrogens is 1. The standard InChI is InChI=1S/C21H18ClNO2S/c1-12(24)20-17-10-16(18(22)11-19(17)23-21(20)25)15-4-2-13(3-5-15)14-6-8-26-9-7-14/h2-6,10-11,23,25H,7-9H2,1H3. The number of rotatable bonds is 3. The molecule has 1 aliphatic rings. The number of fused-ring (bicyclic) bond motifs is 1. The maximum atomic E-state index is 11.9. The third-order valence-corrected chi connectivity index (χ3v) is 5.96. The van der Waals surface area contributed by atoms with Gasteiger partial charge in [0, 0.05) is 16.7 Å². The topological polar surface area (TPSA) is 53.1 Å². The van der Waals surface area contributed by atoms with Gasteiger partial charge >= 0.3 is 0 Å². The number of halogens is 1. The van der Waals surface area contributed by atoms with Gasteiger partial charge in [0.05, 0.1) is 16.1 Å². The van der Waals surface area contributed by atoms with E-state index in [9.17, 15) is 9.90 Å². The van der Waals surface area contributed by atoms with Crippen LogP contribution in [0.15, 0.2) is 42.5 Å². The van der Waals surface area contributed by atoms with Gasteiger partial charge in [-0.15, -0.1) is 0 Å². The molecule has 26 heavy (non-hydrogen) atoms. The Morgan fingerprint density at radius 1 is 1.19 bits per heavy atom. The average Bonchev–Trinajstić information content (AvgIpc) is 2.96. The predicted octanol–water partition coefficient (Wildman–Crippen LogP) is 5.92. The molecule has 0 unspecified atom stereocenters. The first-order chi connectivity index (χ1) is 12.5. The molecular weight excluding hydrogens is 366 g/mol. The van der Waals surface area contributed by atoms with Gasteiger partial charge in [0.25, 0.3) is 0 Å². The summed E-state index contributed by atoms with van der Waals surface area (Å²) in [5, 5.41) is 11.3. The Labute approximate surface area is 161 Å². The molecule has 2 N–H and O–H groups in total. The first-order valence-corrected chi connectivity index (χ1v) is 10.0. The molecule has 0 radical (unpaired) electrons. The molecule has 0 spiro atoms. The second-order valence-electron chi connectivity index (χ2n) is 6.41. The molecule has 0 saturated heterocycles. The van der Waals surface area contributed by atoms with Crippen molar-refractivity contribution in [1.82, 2.24) is 4.98 Å². The minimum absolute atomic E-state index is 0.113. The molecule has 3 aromatic rings. The molecule has 3 nitrogen and oxygen atoms in total. The van der Waals surface area contributed by atoms with Crippen molar-refractivity contribution < 1.29 is 9.90 Å². The van der Waals surface area contributed by atoms with Crippen LogP contribution in [0.4, 0.5) is 0 Å². The third-order valence-electron chi connectivity index (χ3n) is 4.75. The quantitative estimate of drug-likeness (QED) is 0.552. The first-order valence-electron chi connectivity index (χ1n) is 8.47. The number of aromatic hydroxyl groups is 1. The zero-order valence-electron chi connectivity index (χ0n) is 14.3. The summed E-state index contributed by atoms with van der Waals surface area (Å²) in [5.41, 5.74) is 5.44. The molecule has 2 heterocycles. The fourth-order valence-corrected chi connectivity index (χ4v) is 4.55. The van der Waals surface area contributed by atoms with Gasteiger partial charge in [0.15, 0.2) is 5.78 Å². The number of hydrogen-bond acceptors (Lipinski definition) is 3. The minimum atomic E-state index is -0.181. The Morgan fingerprint density at radius 3 is 2.58 bits per heavy atom. The summed E-state index contributed by atoms with van der Waals surface area (Å²) in [4.78, 5) is 14.7. The highest BCUT2D eigenvalue weighted by Crippen LogP contribution is 2.37. The number of thioether (sulfide) groups is 1. The average molecular weight is 384 g/mol. The lowest BCUT2D eigenvalue weighted by Gasteiger charge is -2.13. The number of ketones is 1. The number of allylic oxidation sites excluding steroid dienone is 1. The highest BCUT2D eigenvalue weighted by atomic mass is 35.5. The molecule has 132 valence electrons. The fraction of sp³-hybridized carbons (Fsp3) is 0.190. The van der Waals surface area contributed by atoms with Crippen molar-refractivity contribution in [2.45, 2.75) is 13.3 Å². The summed E-state index contributed by atoms with van der Waals surface area (Å²) in [6, 6.07) is 12.0. The van der Waals surface area contributed by atoms with Crippen molar-refractivity contribution in [2.24, 2.45) is 0 Å². The van der Waals surface area contributed by atoms with Crippen LogP contribution >= 0.6 is 23.4 Å². The zero-order chi connectivity index (χ0) is 18.3. The molecule has 0 saturated carbocycles. The van der Waals surface area contributed by atoms with Crippen LogP contribution in [0.5, 0.6) is 5.88 Å². The number of Topliss-reactive ketones (excluding diaryl/α,β-unsaturated/α-hetero) is 1. The van der Waals surface area contributed by atoms with Crippen molar-refractivity contribution in [1.29, 1.82) is 0 Å². The number of nitrogens with one attached hydrogen (secondary N) is 1. The molecule has 1 aliphatic heterocycles. The molecule has 5 heteroatoms. The van der Waals surface area contributed by atoms with Gasteiger partial charge in [-0.25, -0.2) is 0 Å². The van der Waals surface area contributed by atoms with Crippen LogP contribution < -0.4 is 0 Å². The summed E-state index contributed by atoms with van der Waals surface area (Å²) in [6.07, 6.45) is 3.39. The normalized spacial score (nSPS) is 14.5. The van der Waals surface area contributed by atoms with Gasteiger partial charge in [-0.1, -0.05) is 41.9 Å². The number of carbonyl (C=O) groups excluding carboxylic acids is 1. The smallest absolute Gasteiger partial charge is 0.200 e. The first kappa shape index (κ1) is 17.3. The summed E-state index contributed by atoms with van der Waals surface area (Å²) in [7, 11) is 0. The van der Waals surface area contributed by atoms with Gasteiger partial charge < -0.3 is 10.1 Å². The zero-order valence-corrected chi connectivity index (χ0v) is 15.9. The molecule has 2 aromatic carbocycles. The maximum Gasteiger partial charge on any atom is 0.200 e. The van der Waals surface area contributed by atoms with Crippen molar-refractivity contribution >= 4 is 45.6 Å². The fourth-order valence-electron chi connectivity index (χ4n) is 3.43. The van der Waals surface area contributed by atoms with E-state index >= 15 is 0 Å². The lowest BCUT2D eigenvalue weighted by molar-refractivity contribution is 0.101. The largest absolute Gasteiger partial charge is 0.494 e. The Kier molecular flexibility index (Phi) is 4.55. The SMILES string of the molecule is CC(=O)c1c(O)[nH]c2cc(Cl)c(-c3ccc(C4=CCSCC4)cc3)cc12. The summed E-state index contributed by atoms with van der Waals surface area (Å²) in [6.45, 7) is 1.45. The van der Waals surface area contributed by atoms with Gasteiger partial charge in [-0.3, -0.25) is 4.79 Å². The molecule has 0 aliphatic carbocycles. The second kappa shape index (κ2) is 6.86. The predicted molar refractivity (Wildman–Crippen MR) is 110 cm³/mol. The van der Waals surface area contributed by atoms with E-state index < -0.39 is 0 Å². The van der Waals surface area contributed by atoms with Crippen LogP contribution in [-0.2, 0) is 0 Å². The second-order valence-corrected chi connectivity index (χ2v) is 7.97. The molecule has 0 fully saturated rings. The van der Waals surface area contributed by atoms with Crippen LogP contribution in [0, 0.1) is 0 Å². The number of H-pyrrole nitrogens is 1. The van der Waals surface area contributed by atoms with Crippen LogP contribution in [0.2, 0.25) is 5.02 Å². The Bertz CT molecular complexity index is 1030. The highest BCUT2D eigenvalue weighted by molar-refractivity contribution is 7.99. The van der Waals surface area contributed by atoms with Crippen LogP contribution in [0.3, 0.4) is 0 Å². The van der Waals surface area contributed by atoms with Gasteiger partial charge in [-0.05, 0) is 47.9 Å². The van der Waals surface area contributed by atoms with Crippen molar-refractivity contribution in [3.8, 4) is 17.0 Å². The van der Waals surface area contributed by atoms with E-state index in [1.807, 2.05) is 17.8 Å². The van der Waals surface area contributed by atoms with Crippen molar-refractivity contribution in [3.63, 3.8) is 0 Å². The summed E-state index contributed by atoms with van der Waals surface area (Å²) in [5.74, 6) is 1.95. The molecule has 1 aromatic heterocycles. The highest BCUT2D eigenvalue weighted by Gasteiger charge is 2.17. The van der Waals surface area contributed by atoms with E-state index in [1.54, 1.807) is 6.07 Å². The van der Waals surface area contributed by atoms with E-state index in [1.165, 1.54) is 23.8 Å². The number of hydrogen-bond donors (Lipinski definition) is 2. The molecule has 0 amide bonds. The number of aromatic amines is 1. The van der Waals surface area contributed by atoms with Gasteiger partial charge in [-0.2, -0.15) is 11.8 Å². The molecule has 0 bridgehead atoms. The molecule has 4 rings (SSSR count). The molecule has 0 atom stereocenters. The van der Waals surface area contributed by atoms with Crippen molar-refractivity contribution in [2.75, 3.05) is 11.5 Å². The summed E-state index contributed by atoms with van der Waals surface area (Å²) < 4.78 is 0. The van der Waals surface area contributed by atoms with E-state index in [-0.39, 0.29) is 11.7 Å². The Balaban J connectivity index is 1.78. The summed E-state index contributed by atoms with van der Waals surface area (Å²) >= 11 is 8.42. The van der Waals surface area contributed by atoms with Crippen molar-refractivity contribution in [3.05, 3.63) is 58.6 Å². The van der Waals surface area contributed by atoms with E-state index in [0.717, 1.165) is 23.3 Å². The van der Waals surface area contributed by atoms with Crippen LogP contribution in [0.1, 0.15) is 29.3 Å². The lowest BCUT2D eigenvalue weighted by Crippen LogP contribution is -1.95. The number of benzene rings is 2. The van der Waals surface area contributed by atoms with Gasteiger partial charge in [0.1, 0.15) is 0 Å². The Hall–Kier alpha value is -2.17. The Morgan fingerprint density at radius 2 is 1.92 bits per heavy atom.